The van der Waals surface area contributed by atoms with Crippen LogP contribution < -0.4 is 0 Å². The Kier molecular flexibility index (Phi) is 1.85. The van der Waals surface area contributed by atoms with E-state index in [0.29, 0.717) is 0 Å². The van der Waals surface area contributed by atoms with Crippen molar-refractivity contribution < 1.29 is 23.1 Å². The summed E-state index contributed by atoms with van der Waals surface area (Å²) >= 11 is 0. The first-order chi connectivity index (χ1) is 5.79. The van der Waals surface area contributed by atoms with Crippen molar-refractivity contribution in [1.82, 2.24) is 0 Å². The summed E-state index contributed by atoms with van der Waals surface area (Å²) in [5.74, 6) is -2.49. The highest BCUT2D eigenvalue weighted by Crippen LogP contribution is 2.38. The molecule has 0 aromatic heterocycles. The van der Waals surface area contributed by atoms with Gasteiger partial charge in [0.1, 0.15) is 5.84 Å². The Balaban J connectivity index is 3.22. The minimum atomic E-state index is -5.07. The summed E-state index contributed by atoms with van der Waals surface area (Å²) < 4.78 is 36.6. The molecule has 1 aliphatic rings. The van der Waals surface area contributed by atoms with E-state index in [-0.39, 0.29) is 5.84 Å². The lowest BCUT2D eigenvalue weighted by atomic mass is 10.2. The molecule has 0 fully saturated rings. The molecule has 0 spiro atoms. The number of rotatable bonds is 1. The van der Waals surface area contributed by atoms with Gasteiger partial charge >= 0.3 is 17.8 Å². The van der Waals surface area contributed by atoms with Crippen LogP contribution in [0.25, 0.3) is 0 Å². The summed E-state index contributed by atoms with van der Waals surface area (Å²) in [5, 5.41) is 13.9. The van der Waals surface area contributed by atoms with Crippen molar-refractivity contribution in [3.63, 3.8) is 0 Å². The van der Waals surface area contributed by atoms with Gasteiger partial charge in [-0.3, -0.25) is 0 Å². The normalized spacial score (nSPS) is 27.5. The van der Waals surface area contributed by atoms with Crippen LogP contribution in [-0.4, -0.2) is 28.8 Å². The minimum Gasteiger partial charge on any atom is -0.478 e. The summed E-state index contributed by atoms with van der Waals surface area (Å²) in [6.45, 7) is 1.14. The third-order valence-corrected chi connectivity index (χ3v) is 1.36. The zero-order valence-corrected chi connectivity index (χ0v) is 6.33. The molecule has 1 N–H and O–H groups in total. The first-order valence-corrected chi connectivity index (χ1v) is 3.09. The Morgan fingerprint density at radius 2 is 2.08 bits per heavy atom. The van der Waals surface area contributed by atoms with Crippen LogP contribution in [0.2, 0.25) is 0 Å². The van der Waals surface area contributed by atoms with Crippen LogP contribution in [0, 0.1) is 0 Å². The van der Waals surface area contributed by atoms with Crippen LogP contribution in [0.15, 0.2) is 15.2 Å². The number of nitrogens with zero attached hydrogens (tertiary/aromatic N) is 3. The highest BCUT2D eigenvalue weighted by atomic mass is 19.4. The van der Waals surface area contributed by atoms with Gasteiger partial charge in [0.2, 0.25) is 0 Å². The third-order valence-electron chi connectivity index (χ3n) is 1.36. The average molecular weight is 195 g/mol. The van der Waals surface area contributed by atoms with Gasteiger partial charge in [0, 0.05) is 0 Å². The quantitative estimate of drug-likeness (QED) is 0.682. The fourth-order valence-electron chi connectivity index (χ4n) is 0.756. The van der Waals surface area contributed by atoms with Gasteiger partial charge in [0.25, 0.3) is 0 Å². The molecule has 0 aromatic rings. The molecule has 1 atom stereocenters. The molecule has 0 saturated carbocycles. The second-order valence-electron chi connectivity index (χ2n) is 2.33. The number of aliphatic carboxylic acids is 1. The van der Waals surface area contributed by atoms with Gasteiger partial charge in [0.05, 0.1) is 0 Å². The molecule has 1 rings (SSSR count). The van der Waals surface area contributed by atoms with Gasteiger partial charge in [-0.15, -0.1) is 10.2 Å². The second kappa shape index (κ2) is 2.51. The van der Waals surface area contributed by atoms with E-state index in [1.807, 2.05) is 0 Å². The molecule has 0 aliphatic carbocycles. The lowest BCUT2D eigenvalue weighted by Crippen LogP contribution is -2.47. The van der Waals surface area contributed by atoms with E-state index in [4.69, 9.17) is 5.11 Å². The Morgan fingerprint density at radius 1 is 1.54 bits per heavy atom. The number of carboxylic acids is 1. The first kappa shape index (κ1) is 9.62. The van der Waals surface area contributed by atoms with Crippen molar-refractivity contribution in [1.29, 1.82) is 0 Å². The maximum Gasteiger partial charge on any atom is 0.447 e. The van der Waals surface area contributed by atoms with Gasteiger partial charge in [-0.1, -0.05) is 0 Å². The van der Waals surface area contributed by atoms with E-state index >= 15 is 0 Å². The van der Waals surface area contributed by atoms with Crippen LogP contribution in [-0.2, 0) is 4.79 Å². The number of hydrogen-bond acceptors (Lipinski definition) is 4. The fourth-order valence-corrected chi connectivity index (χ4v) is 0.756. The van der Waals surface area contributed by atoms with E-state index in [1.165, 1.54) is 0 Å². The molecule has 0 aromatic carbocycles. The Bertz CT molecular complexity index is 309. The van der Waals surface area contributed by atoms with E-state index in [2.05, 4.69) is 15.2 Å². The number of azo groups is 1. The van der Waals surface area contributed by atoms with Crippen LogP contribution in [0.4, 0.5) is 13.2 Å². The van der Waals surface area contributed by atoms with Crippen molar-refractivity contribution in [2.75, 3.05) is 0 Å². The molecule has 0 amide bonds. The molecule has 0 saturated heterocycles. The van der Waals surface area contributed by atoms with Crippen molar-refractivity contribution in [2.24, 2.45) is 15.2 Å². The van der Waals surface area contributed by atoms with E-state index in [9.17, 15) is 18.0 Å². The molecule has 1 aliphatic heterocycles. The topological polar surface area (TPSA) is 74.4 Å². The molecule has 0 bridgehead atoms. The van der Waals surface area contributed by atoms with Gasteiger partial charge < -0.3 is 5.11 Å². The number of carbonyl (C=O) groups is 1. The molecule has 13 heavy (non-hydrogen) atoms. The van der Waals surface area contributed by atoms with Gasteiger partial charge in [-0.25, -0.2) is 9.79 Å². The largest absolute Gasteiger partial charge is 0.478 e. The highest BCUT2D eigenvalue weighted by molar-refractivity contribution is 5.89. The number of aliphatic imine (C=N–C) groups is 1. The number of hydrogen-bond donors (Lipinski definition) is 1. The summed E-state index contributed by atoms with van der Waals surface area (Å²) in [6.07, 6.45) is -5.07. The molecule has 1 heterocycles. The summed E-state index contributed by atoms with van der Waals surface area (Å²) in [7, 11) is 0. The molecular weight excluding hydrogens is 191 g/mol. The summed E-state index contributed by atoms with van der Waals surface area (Å²) in [4.78, 5) is 13.2. The number of carboxylic acid groups (broad SMARTS) is 1. The Hall–Kier alpha value is -1.47. The Labute approximate surface area is 70.0 Å². The maximum atomic E-state index is 12.2. The van der Waals surface area contributed by atoms with E-state index in [0.717, 1.165) is 6.92 Å². The third kappa shape index (κ3) is 1.27. The lowest BCUT2D eigenvalue weighted by molar-refractivity contribution is -0.199. The lowest BCUT2D eigenvalue weighted by Gasteiger charge is -2.18. The second-order valence-corrected chi connectivity index (χ2v) is 2.33. The van der Waals surface area contributed by atoms with E-state index < -0.39 is 17.8 Å². The van der Waals surface area contributed by atoms with Gasteiger partial charge in [-0.2, -0.15) is 13.2 Å². The van der Waals surface area contributed by atoms with Gasteiger partial charge in [-0.05, 0) is 6.92 Å². The smallest absolute Gasteiger partial charge is 0.447 e. The van der Waals surface area contributed by atoms with Crippen LogP contribution in [0.1, 0.15) is 6.92 Å². The molecular formula is C5H4F3N3O2. The number of amidine groups is 1. The average Bonchev–Trinajstić information content (AvgIpc) is 2.30. The van der Waals surface area contributed by atoms with Crippen LogP contribution >= 0.6 is 0 Å². The molecule has 1 unspecified atom stereocenters. The van der Waals surface area contributed by atoms with Crippen molar-refractivity contribution >= 4 is 11.8 Å². The van der Waals surface area contributed by atoms with Crippen molar-refractivity contribution in [2.45, 2.75) is 18.8 Å². The zero-order valence-electron chi connectivity index (χ0n) is 6.33. The highest BCUT2D eigenvalue weighted by Gasteiger charge is 2.64. The monoisotopic (exact) mass is 195 g/mol. The van der Waals surface area contributed by atoms with Crippen molar-refractivity contribution in [3.05, 3.63) is 0 Å². The van der Waals surface area contributed by atoms with Crippen LogP contribution in [0.5, 0.6) is 0 Å². The van der Waals surface area contributed by atoms with E-state index in [1.54, 1.807) is 0 Å². The first-order valence-electron chi connectivity index (χ1n) is 3.09. The molecule has 72 valence electrons. The molecule has 0 radical (unpaired) electrons. The van der Waals surface area contributed by atoms with Crippen molar-refractivity contribution in [3.8, 4) is 0 Å². The summed E-state index contributed by atoms with van der Waals surface area (Å²) in [6, 6.07) is 0. The maximum absolute atomic E-state index is 12.2. The predicted octanol–water partition coefficient (Wildman–Crippen LogP) is 1.21. The molecule has 5 nitrogen and oxygen atoms in total. The molecule has 8 heteroatoms. The number of alkyl halides is 3. The van der Waals surface area contributed by atoms with Gasteiger partial charge in [0.15, 0.2) is 0 Å². The standard InChI is InChI=1S/C5H4F3N3O2/c1-2-9-4(3(12)13,11-10-2)5(6,7)8/h1H3,(H,12,13). The van der Waals surface area contributed by atoms with Crippen LogP contribution in [0.3, 0.4) is 0 Å². The predicted molar refractivity (Wildman–Crippen MR) is 34.4 cm³/mol. The zero-order chi connectivity index (χ0) is 10.3. The fraction of sp³-hybridized carbons (Fsp3) is 0.600. The Morgan fingerprint density at radius 3 is 2.23 bits per heavy atom. The number of halogens is 3. The summed E-state index contributed by atoms with van der Waals surface area (Å²) in [5.41, 5.74) is -3.43. The minimum absolute atomic E-state index is 0.306. The SMILES string of the molecule is CC1=NC(C(=O)O)(C(F)(F)F)N=N1.